The summed E-state index contributed by atoms with van der Waals surface area (Å²) in [6.07, 6.45) is 1.06. The Labute approximate surface area is 213 Å². The number of amides is 1. The first-order chi connectivity index (χ1) is 17.3. The minimum Gasteiger partial charge on any atom is -0.491 e. The molecule has 188 valence electrons. The number of benzene rings is 3. The molecule has 0 unspecified atom stereocenters. The summed E-state index contributed by atoms with van der Waals surface area (Å²) >= 11 is 0. The Morgan fingerprint density at radius 1 is 0.944 bits per heavy atom. The molecule has 1 N–H and O–H groups in total. The third kappa shape index (κ3) is 5.35. The molecule has 0 radical (unpaired) electrons. The Kier molecular flexibility index (Phi) is 7.58. The molecule has 36 heavy (non-hydrogen) atoms. The van der Waals surface area contributed by atoms with E-state index >= 15 is 0 Å². The smallest absolute Gasteiger partial charge is 0.255 e. The van der Waals surface area contributed by atoms with E-state index in [1.54, 1.807) is 16.9 Å². The van der Waals surface area contributed by atoms with Crippen molar-refractivity contribution >= 4 is 28.3 Å². The number of nitrogens with one attached hydrogen (secondary N) is 1. The predicted octanol–water partition coefficient (Wildman–Crippen LogP) is 6.31. The largest absolute Gasteiger partial charge is 0.491 e. The molecule has 0 aliphatic heterocycles. The molecule has 4 aromatic rings. The van der Waals surface area contributed by atoms with Gasteiger partial charge in [-0.05, 0) is 107 Å². The third-order valence-electron chi connectivity index (χ3n) is 6.53. The second-order valence-corrected chi connectivity index (χ2v) is 9.10. The Balaban J connectivity index is 1.55. The van der Waals surface area contributed by atoms with Crippen LogP contribution in [-0.4, -0.2) is 40.1 Å². The van der Waals surface area contributed by atoms with Crippen molar-refractivity contribution in [3.63, 3.8) is 0 Å². The van der Waals surface area contributed by atoms with Gasteiger partial charge in [-0.3, -0.25) is 4.79 Å². The highest BCUT2D eigenvalue weighted by Crippen LogP contribution is 2.25. The Bertz CT molecular complexity index is 1360. The fourth-order valence-corrected chi connectivity index (χ4v) is 4.15. The molecule has 7 heteroatoms. The van der Waals surface area contributed by atoms with Gasteiger partial charge >= 0.3 is 0 Å². The monoisotopic (exact) mass is 485 g/mol. The predicted molar refractivity (Wildman–Crippen MR) is 147 cm³/mol. The lowest BCUT2D eigenvalue weighted by Gasteiger charge is -2.22. The molecule has 0 saturated heterocycles. The van der Waals surface area contributed by atoms with Crippen molar-refractivity contribution in [1.29, 1.82) is 0 Å². The van der Waals surface area contributed by atoms with Crippen molar-refractivity contribution in [2.75, 3.05) is 23.3 Å². The van der Waals surface area contributed by atoms with Crippen LogP contribution in [0, 0.1) is 13.8 Å². The van der Waals surface area contributed by atoms with Crippen LogP contribution < -0.4 is 15.0 Å². The van der Waals surface area contributed by atoms with E-state index in [9.17, 15) is 4.79 Å². The minimum absolute atomic E-state index is 0.136. The number of carbonyl (C=O) groups excluding carboxylic acids is 1. The van der Waals surface area contributed by atoms with Crippen LogP contribution in [0.15, 0.2) is 54.6 Å². The van der Waals surface area contributed by atoms with Gasteiger partial charge < -0.3 is 15.0 Å². The van der Waals surface area contributed by atoms with E-state index in [1.165, 1.54) is 5.69 Å². The fourth-order valence-electron chi connectivity index (χ4n) is 4.15. The standard InChI is InChI=1S/C29H35N5O2/c1-7-21(6)36-24-13-10-22(11-14-24)29(35)30-25-18-27-26(17-19(25)4)31-34(32-27)28-15-12-23(16-20(28)5)33(8-2)9-3/h10-18,21H,7-9H2,1-6H3,(H,30,35)/t21-/m0/s1. The van der Waals surface area contributed by atoms with Gasteiger partial charge in [0.25, 0.3) is 5.91 Å². The number of nitrogens with zero attached hydrogens (tertiary/aromatic N) is 4. The molecule has 0 fully saturated rings. The molecule has 0 aliphatic rings. The van der Waals surface area contributed by atoms with Gasteiger partial charge in [0.05, 0.1) is 11.8 Å². The molecule has 0 saturated carbocycles. The number of anilines is 2. The van der Waals surface area contributed by atoms with Gasteiger partial charge in [0.1, 0.15) is 16.8 Å². The highest BCUT2D eigenvalue weighted by molar-refractivity contribution is 6.05. The summed E-state index contributed by atoms with van der Waals surface area (Å²) < 4.78 is 5.81. The van der Waals surface area contributed by atoms with Crippen LogP contribution in [0.25, 0.3) is 16.7 Å². The molecule has 1 aromatic heterocycles. The number of fused-ring (bicyclic) bond motifs is 1. The Hall–Kier alpha value is -3.87. The summed E-state index contributed by atoms with van der Waals surface area (Å²) in [5.41, 5.74) is 6.94. The number of ether oxygens (including phenoxy) is 1. The van der Waals surface area contributed by atoms with Gasteiger partial charge in [-0.15, -0.1) is 10.2 Å². The average Bonchev–Trinajstić information content (AvgIpc) is 3.27. The summed E-state index contributed by atoms with van der Waals surface area (Å²) in [5, 5.41) is 12.4. The molecule has 1 heterocycles. The Morgan fingerprint density at radius 2 is 1.61 bits per heavy atom. The third-order valence-corrected chi connectivity index (χ3v) is 6.53. The van der Waals surface area contributed by atoms with E-state index in [4.69, 9.17) is 14.9 Å². The van der Waals surface area contributed by atoms with E-state index in [-0.39, 0.29) is 12.0 Å². The number of aryl methyl sites for hydroxylation is 2. The number of carbonyl (C=O) groups is 1. The highest BCUT2D eigenvalue weighted by Gasteiger charge is 2.14. The molecule has 3 aromatic carbocycles. The Morgan fingerprint density at radius 3 is 2.22 bits per heavy atom. The van der Waals surface area contributed by atoms with Gasteiger partial charge in [-0.1, -0.05) is 6.92 Å². The van der Waals surface area contributed by atoms with Crippen LogP contribution in [0.4, 0.5) is 11.4 Å². The van der Waals surface area contributed by atoms with Crippen LogP contribution in [0.2, 0.25) is 0 Å². The maximum atomic E-state index is 12.9. The lowest BCUT2D eigenvalue weighted by molar-refractivity contribution is 0.102. The summed E-state index contributed by atoms with van der Waals surface area (Å²) in [5.74, 6) is 0.582. The van der Waals surface area contributed by atoms with Crippen LogP contribution in [0.1, 0.15) is 55.6 Å². The SMILES string of the molecule is CC[C@H](C)Oc1ccc(C(=O)Nc2cc3nn(-c4ccc(N(CC)CC)cc4C)nc3cc2C)cc1. The number of aromatic nitrogens is 3. The molecule has 1 atom stereocenters. The van der Waals surface area contributed by atoms with Crippen LogP contribution in [0.5, 0.6) is 5.75 Å². The van der Waals surface area contributed by atoms with Gasteiger partial charge in [0.2, 0.25) is 0 Å². The molecule has 0 aliphatic carbocycles. The highest BCUT2D eigenvalue weighted by atomic mass is 16.5. The van der Waals surface area contributed by atoms with E-state index in [1.807, 2.05) is 38.1 Å². The second kappa shape index (κ2) is 10.8. The van der Waals surface area contributed by atoms with Crippen molar-refractivity contribution in [3.8, 4) is 11.4 Å². The van der Waals surface area contributed by atoms with Crippen molar-refractivity contribution < 1.29 is 9.53 Å². The topological polar surface area (TPSA) is 72.3 Å². The fraction of sp³-hybridized carbons (Fsp3) is 0.345. The molecule has 7 nitrogen and oxygen atoms in total. The number of hydrogen-bond acceptors (Lipinski definition) is 5. The molecular weight excluding hydrogens is 450 g/mol. The maximum absolute atomic E-state index is 12.9. The first-order valence-corrected chi connectivity index (χ1v) is 12.6. The van der Waals surface area contributed by atoms with E-state index < -0.39 is 0 Å². The van der Waals surface area contributed by atoms with Crippen molar-refractivity contribution in [2.45, 2.75) is 54.1 Å². The first kappa shape index (κ1) is 25.2. The van der Waals surface area contributed by atoms with E-state index in [0.717, 1.165) is 53.1 Å². The van der Waals surface area contributed by atoms with E-state index in [2.05, 4.69) is 56.1 Å². The van der Waals surface area contributed by atoms with Crippen molar-refractivity contribution in [2.24, 2.45) is 0 Å². The van der Waals surface area contributed by atoms with Crippen LogP contribution >= 0.6 is 0 Å². The zero-order chi connectivity index (χ0) is 25.8. The summed E-state index contributed by atoms with van der Waals surface area (Å²) in [4.78, 5) is 16.9. The number of rotatable bonds is 9. The van der Waals surface area contributed by atoms with Crippen LogP contribution in [-0.2, 0) is 0 Å². The van der Waals surface area contributed by atoms with Crippen molar-refractivity contribution in [3.05, 3.63) is 71.3 Å². The molecular formula is C29H35N5O2. The number of hydrogen-bond donors (Lipinski definition) is 1. The van der Waals surface area contributed by atoms with Gasteiger partial charge in [-0.2, -0.15) is 4.80 Å². The second-order valence-electron chi connectivity index (χ2n) is 9.10. The lowest BCUT2D eigenvalue weighted by Crippen LogP contribution is -2.21. The maximum Gasteiger partial charge on any atom is 0.255 e. The van der Waals surface area contributed by atoms with Crippen LogP contribution in [0.3, 0.4) is 0 Å². The quantitative estimate of drug-likeness (QED) is 0.301. The molecule has 1 amide bonds. The van der Waals surface area contributed by atoms with E-state index in [0.29, 0.717) is 11.3 Å². The van der Waals surface area contributed by atoms with Gasteiger partial charge in [-0.25, -0.2) is 0 Å². The van der Waals surface area contributed by atoms with Gasteiger partial charge in [0, 0.05) is 30.0 Å². The first-order valence-electron chi connectivity index (χ1n) is 12.6. The summed E-state index contributed by atoms with van der Waals surface area (Å²) in [6.45, 7) is 14.4. The summed E-state index contributed by atoms with van der Waals surface area (Å²) in [6, 6.07) is 17.4. The minimum atomic E-state index is -0.178. The molecule has 0 bridgehead atoms. The van der Waals surface area contributed by atoms with Crippen molar-refractivity contribution in [1.82, 2.24) is 15.0 Å². The molecule has 0 spiro atoms. The summed E-state index contributed by atoms with van der Waals surface area (Å²) in [7, 11) is 0. The van der Waals surface area contributed by atoms with Gasteiger partial charge in [0.15, 0.2) is 0 Å². The zero-order valence-corrected chi connectivity index (χ0v) is 22.0. The molecule has 4 rings (SSSR count). The zero-order valence-electron chi connectivity index (χ0n) is 22.0. The average molecular weight is 486 g/mol. The normalized spacial score (nSPS) is 11.9. The lowest BCUT2D eigenvalue weighted by atomic mass is 10.1.